The topological polar surface area (TPSA) is 37.7 Å². The van der Waals surface area contributed by atoms with Crippen LogP contribution in [-0.4, -0.2) is 23.8 Å². The summed E-state index contributed by atoms with van der Waals surface area (Å²) in [5.74, 6) is 0. The smallest absolute Gasteiger partial charge is 0.391 e. The SMILES string of the molecule is C/C(=N/OCc1ccc(Cl)cc1)c1ncc(C(F)(F)F)cc1N1CCCC1. The average molecular weight is 398 g/mol. The van der Waals surface area contributed by atoms with Crippen LogP contribution in [0.15, 0.2) is 41.7 Å². The lowest BCUT2D eigenvalue weighted by Gasteiger charge is -2.22. The molecule has 1 saturated heterocycles. The van der Waals surface area contributed by atoms with E-state index in [2.05, 4.69) is 10.1 Å². The summed E-state index contributed by atoms with van der Waals surface area (Å²) in [4.78, 5) is 11.3. The molecule has 2 aromatic rings. The van der Waals surface area contributed by atoms with Crippen LogP contribution in [0, 0.1) is 0 Å². The van der Waals surface area contributed by atoms with Gasteiger partial charge in [0.15, 0.2) is 0 Å². The zero-order chi connectivity index (χ0) is 19.4. The molecule has 0 saturated carbocycles. The summed E-state index contributed by atoms with van der Waals surface area (Å²) in [6.07, 6.45) is -1.71. The maximum absolute atomic E-state index is 13.1. The van der Waals surface area contributed by atoms with Crippen molar-refractivity contribution in [3.63, 3.8) is 0 Å². The zero-order valence-corrected chi connectivity index (χ0v) is 15.5. The van der Waals surface area contributed by atoms with Crippen LogP contribution in [0.3, 0.4) is 0 Å². The van der Waals surface area contributed by atoms with Crippen molar-refractivity contribution < 1.29 is 18.0 Å². The van der Waals surface area contributed by atoms with E-state index in [1.807, 2.05) is 17.0 Å². The van der Waals surface area contributed by atoms with Gasteiger partial charge in [-0.25, -0.2) is 0 Å². The Morgan fingerprint density at radius 3 is 2.52 bits per heavy atom. The highest BCUT2D eigenvalue weighted by atomic mass is 35.5. The molecule has 0 aliphatic carbocycles. The van der Waals surface area contributed by atoms with E-state index in [1.165, 1.54) is 0 Å². The van der Waals surface area contributed by atoms with Gasteiger partial charge in [-0.3, -0.25) is 4.98 Å². The minimum atomic E-state index is -4.43. The molecular formula is C19H19ClF3N3O. The van der Waals surface area contributed by atoms with Crippen LogP contribution in [0.2, 0.25) is 5.02 Å². The molecule has 1 aliphatic rings. The number of oxime groups is 1. The van der Waals surface area contributed by atoms with Crippen LogP contribution < -0.4 is 4.90 Å². The number of nitrogens with zero attached hydrogens (tertiary/aromatic N) is 3. The number of anilines is 1. The summed E-state index contributed by atoms with van der Waals surface area (Å²) in [7, 11) is 0. The van der Waals surface area contributed by atoms with Crippen LogP contribution in [-0.2, 0) is 17.6 Å². The van der Waals surface area contributed by atoms with E-state index in [4.69, 9.17) is 16.4 Å². The number of hydrogen-bond acceptors (Lipinski definition) is 4. The van der Waals surface area contributed by atoms with Gasteiger partial charge in [-0.05, 0) is 43.5 Å². The first-order valence-electron chi connectivity index (χ1n) is 8.58. The summed E-state index contributed by atoms with van der Waals surface area (Å²) >= 11 is 5.84. The lowest BCUT2D eigenvalue weighted by Crippen LogP contribution is -2.22. The van der Waals surface area contributed by atoms with Crippen molar-refractivity contribution in [2.75, 3.05) is 18.0 Å². The Labute approximate surface area is 160 Å². The standard InChI is InChI=1S/C19H19ClF3N3O/c1-13(25-27-12-14-4-6-16(20)7-5-14)18-17(26-8-2-3-9-26)10-15(11-24-18)19(21,22)23/h4-7,10-11H,2-3,8-9,12H2,1H3/b25-13-. The van der Waals surface area contributed by atoms with Crippen molar-refractivity contribution in [3.8, 4) is 0 Å². The lowest BCUT2D eigenvalue weighted by atomic mass is 10.1. The summed E-state index contributed by atoms with van der Waals surface area (Å²) in [5, 5.41) is 4.68. The highest BCUT2D eigenvalue weighted by molar-refractivity contribution is 6.30. The fourth-order valence-corrected chi connectivity index (χ4v) is 3.04. The Kier molecular flexibility index (Phi) is 5.89. The number of pyridine rings is 1. The first-order valence-corrected chi connectivity index (χ1v) is 8.96. The van der Waals surface area contributed by atoms with Crippen LogP contribution in [0.5, 0.6) is 0 Å². The molecule has 0 bridgehead atoms. The summed E-state index contributed by atoms with van der Waals surface area (Å²) in [6.45, 7) is 3.31. The van der Waals surface area contributed by atoms with E-state index in [1.54, 1.807) is 19.1 Å². The molecule has 1 aromatic carbocycles. The van der Waals surface area contributed by atoms with Crippen molar-refractivity contribution in [1.82, 2.24) is 4.98 Å². The van der Waals surface area contributed by atoms with Crippen molar-refractivity contribution in [1.29, 1.82) is 0 Å². The molecule has 0 atom stereocenters. The summed E-state index contributed by atoms with van der Waals surface area (Å²) < 4.78 is 39.3. The Balaban J connectivity index is 1.81. The van der Waals surface area contributed by atoms with Crippen LogP contribution in [0.4, 0.5) is 18.9 Å². The Bertz CT molecular complexity index is 816. The third kappa shape index (κ3) is 4.91. The first kappa shape index (κ1) is 19.5. The third-order valence-corrected chi connectivity index (χ3v) is 4.58. The van der Waals surface area contributed by atoms with Crippen LogP contribution >= 0.6 is 11.6 Å². The monoisotopic (exact) mass is 397 g/mol. The van der Waals surface area contributed by atoms with Gasteiger partial charge in [0.25, 0.3) is 0 Å². The molecule has 144 valence electrons. The van der Waals surface area contributed by atoms with Gasteiger partial charge in [-0.1, -0.05) is 28.9 Å². The third-order valence-electron chi connectivity index (χ3n) is 4.33. The van der Waals surface area contributed by atoms with Crippen LogP contribution in [0.1, 0.15) is 36.6 Å². The van der Waals surface area contributed by atoms with Gasteiger partial charge in [0, 0.05) is 24.3 Å². The minimum absolute atomic E-state index is 0.230. The van der Waals surface area contributed by atoms with E-state index in [9.17, 15) is 13.2 Å². The molecule has 0 unspecified atom stereocenters. The van der Waals surface area contributed by atoms with Crippen molar-refractivity contribution in [3.05, 3.63) is 58.4 Å². The Hall–Kier alpha value is -2.28. The van der Waals surface area contributed by atoms with Gasteiger partial charge < -0.3 is 9.74 Å². The second-order valence-corrected chi connectivity index (χ2v) is 6.80. The van der Waals surface area contributed by atoms with Gasteiger partial charge in [-0.15, -0.1) is 0 Å². The number of rotatable bonds is 5. The number of halogens is 4. The Morgan fingerprint density at radius 1 is 1.22 bits per heavy atom. The van der Waals surface area contributed by atoms with Gasteiger partial charge in [0.1, 0.15) is 18.0 Å². The van der Waals surface area contributed by atoms with E-state index in [0.717, 1.165) is 30.7 Å². The minimum Gasteiger partial charge on any atom is -0.391 e. The van der Waals surface area contributed by atoms with Gasteiger partial charge in [0.05, 0.1) is 11.3 Å². The first-order chi connectivity index (χ1) is 12.8. The molecule has 0 amide bonds. The van der Waals surface area contributed by atoms with Gasteiger partial charge in [0.2, 0.25) is 0 Å². The molecule has 0 spiro atoms. The van der Waals surface area contributed by atoms with E-state index >= 15 is 0 Å². The molecule has 3 rings (SSSR count). The number of hydrogen-bond donors (Lipinski definition) is 0. The molecule has 2 heterocycles. The average Bonchev–Trinajstić information content (AvgIpc) is 3.16. The fraction of sp³-hybridized carbons (Fsp3) is 0.368. The predicted octanol–water partition coefficient (Wildman–Crippen LogP) is 5.29. The molecule has 1 fully saturated rings. The van der Waals surface area contributed by atoms with Gasteiger partial charge in [-0.2, -0.15) is 13.2 Å². The molecule has 1 aliphatic heterocycles. The second kappa shape index (κ2) is 8.17. The van der Waals surface area contributed by atoms with Crippen molar-refractivity contribution in [2.45, 2.75) is 32.5 Å². The largest absolute Gasteiger partial charge is 0.417 e. The highest BCUT2D eigenvalue weighted by Gasteiger charge is 2.33. The predicted molar refractivity (Wildman–Crippen MR) is 99.1 cm³/mol. The maximum atomic E-state index is 13.1. The molecule has 8 heteroatoms. The number of benzene rings is 1. The maximum Gasteiger partial charge on any atom is 0.417 e. The van der Waals surface area contributed by atoms with Crippen molar-refractivity contribution >= 4 is 23.0 Å². The Morgan fingerprint density at radius 2 is 1.89 bits per heavy atom. The zero-order valence-electron chi connectivity index (χ0n) is 14.8. The molecule has 1 aromatic heterocycles. The molecule has 0 radical (unpaired) electrons. The number of aromatic nitrogens is 1. The molecule has 27 heavy (non-hydrogen) atoms. The van der Waals surface area contributed by atoms with Crippen LogP contribution in [0.25, 0.3) is 0 Å². The van der Waals surface area contributed by atoms with E-state index < -0.39 is 11.7 Å². The summed E-state index contributed by atoms with van der Waals surface area (Å²) in [5.41, 5.74) is 1.40. The molecule has 4 nitrogen and oxygen atoms in total. The second-order valence-electron chi connectivity index (χ2n) is 6.36. The highest BCUT2D eigenvalue weighted by Crippen LogP contribution is 2.33. The summed E-state index contributed by atoms with van der Waals surface area (Å²) in [6, 6.07) is 8.28. The quantitative estimate of drug-likeness (QED) is 0.508. The van der Waals surface area contributed by atoms with Gasteiger partial charge >= 0.3 is 6.18 Å². The normalized spacial score (nSPS) is 15.3. The number of alkyl halides is 3. The lowest BCUT2D eigenvalue weighted by molar-refractivity contribution is -0.137. The molecular weight excluding hydrogens is 379 g/mol. The van der Waals surface area contributed by atoms with E-state index in [0.29, 0.717) is 35.2 Å². The fourth-order valence-electron chi connectivity index (χ4n) is 2.91. The molecule has 0 N–H and O–H groups in total. The van der Waals surface area contributed by atoms with Crippen molar-refractivity contribution in [2.24, 2.45) is 5.16 Å². The van der Waals surface area contributed by atoms with E-state index in [-0.39, 0.29) is 6.61 Å².